The van der Waals surface area contributed by atoms with Crippen LogP contribution in [0.15, 0.2) is 17.1 Å². The van der Waals surface area contributed by atoms with Crippen molar-refractivity contribution in [2.45, 2.75) is 37.7 Å². The summed E-state index contributed by atoms with van der Waals surface area (Å²) in [4.78, 5) is 54.5. The van der Waals surface area contributed by atoms with Crippen molar-refractivity contribution in [1.82, 2.24) is 14.5 Å². The lowest BCUT2D eigenvalue weighted by Crippen LogP contribution is -2.41. The molecule has 0 aromatic carbocycles. The number of rotatable bonds is 8. The average Bonchev–Trinajstić information content (AvgIpc) is 3.10. The van der Waals surface area contributed by atoms with Gasteiger partial charge in [-0.2, -0.15) is 13.6 Å². The molecule has 0 amide bonds. The number of phosphoric ester groups is 1. The summed E-state index contributed by atoms with van der Waals surface area (Å²) < 4.78 is 53.4. The Hall–Kier alpha value is -1.45. The van der Waals surface area contributed by atoms with E-state index in [1.54, 1.807) is 0 Å². The molecule has 1 fully saturated rings. The minimum atomic E-state index is -5.70. The molecule has 3 heterocycles. The molecule has 0 spiro atoms. The highest BCUT2D eigenvalue weighted by atomic mass is 31.3. The lowest BCUT2D eigenvalue weighted by atomic mass is 9.99. The summed E-state index contributed by atoms with van der Waals surface area (Å²) in [5, 5.41) is 10.8. The van der Waals surface area contributed by atoms with Crippen LogP contribution in [0.1, 0.15) is 20.3 Å². The highest BCUT2D eigenvalue weighted by Crippen LogP contribution is 2.66. The summed E-state index contributed by atoms with van der Waals surface area (Å²) >= 11 is 0. The molecule has 3 rings (SSSR count). The van der Waals surface area contributed by atoms with Gasteiger partial charge in [-0.3, -0.25) is 14.3 Å². The Bertz CT molecular complexity index is 1270. The molecule has 33 heavy (non-hydrogen) atoms. The molecule has 186 valence electrons. The Morgan fingerprint density at radius 3 is 2.48 bits per heavy atom. The number of hydrogen-bond acceptors (Lipinski definition) is 11. The van der Waals surface area contributed by atoms with Crippen molar-refractivity contribution >= 4 is 40.4 Å². The molecule has 3 unspecified atom stereocenters. The number of nitrogens with zero attached hydrogens (tertiary/aromatic N) is 2. The zero-order chi connectivity index (χ0) is 25.0. The maximum Gasteiger partial charge on any atom is 0.490 e. The Labute approximate surface area is 184 Å². The number of ether oxygens (including phenoxy) is 1. The van der Waals surface area contributed by atoms with Crippen LogP contribution in [0.3, 0.4) is 0 Å². The van der Waals surface area contributed by atoms with E-state index < -0.39 is 53.1 Å². The summed E-state index contributed by atoms with van der Waals surface area (Å²) in [6.07, 6.45) is 0.0285. The first kappa shape index (κ1) is 26.2. The summed E-state index contributed by atoms with van der Waals surface area (Å²) in [6.45, 7) is 1.96. The number of hydrogen-bond donors (Lipinski definition) is 7. The van der Waals surface area contributed by atoms with Crippen molar-refractivity contribution in [3.63, 3.8) is 0 Å². The largest absolute Gasteiger partial charge is 0.490 e. The predicted octanol–water partition coefficient (Wildman–Crippen LogP) is -0.137. The first-order valence-corrected chi connectivity index (χ1v) is 13.4. The quantitative estimate of drug-likeness (QED) is 0.217. The Morgan fingerprint density at radius 2 is 1.88 bits per heavy atom. The van der Waals surface area contributed by atoms with Crippen molar-refractivity contribution in [1.29, 1.82) is 0 Å². The summed E-state index contributed by atoms with van der Waals surface area (Å²) in [6, 6.07) is 1.45. The molecule has 1 saturated heterocycles. The van der Waals surface area contributed by atoms with Gasteiger partial charge in [-0.1, -0.05) is 0 Å². The van der Waals surface area contributed by atoms with Crippen molar-refractivity contribution in [2.75, 3.05) is 12.3 Å². The molecular weight excluding hydrogens is 513 g/mol. The number of anilines is 1. The van der Waals surface area contributed by atoms with Gasteiger partial charge in [0.25, 0.3) is 5.56 Å². The standard InChI is InChI=1S/C13H21N4O13P3/c1-12(6-27-32(23,24)30-33(25,26)29-31(20,21)22)8(18)5-13(2,28-12)17-4-3-7-9(17)15-11(14)16-10(7)19/h3-4,8,18H,5-6H2,1-2H3,(H,23,24)(H,25,26)(H2,20,21,22)(H3,14,15,16,19)/t8?,12-,13-/m1/s1. The minimum absolute atomic E-state index is 0.110. The van der Waals surface area contributed by atoms with Crippen LogP contribution in [0, 0.1) is 0 Å². The second kappa shape index (κ2) is 8.34. The van der Waals surface area contributed by atoms with Crippen LogP contribution in [-0.4, -0.2) is 57.5 Å². The Balaban J connectivity index is 1.79. The van der Waals surface area contributed by atoms with Gasteiger partial charge in [-0.05, 0) is 19.9 Å². The number of fused-ring (bicyclic) bond motifs is 1. The third-order valence-electron chi connectivity index (χ3n) is 4.74. The molecular formula is C13H21N4O13P3. The van der Waals surface area contributed by atoms with Crippen LogP contribution in [0.5, 0.6) is 0 Å². The highest BCUT2D eigenvalue weighted by molar-refractivity contribution is 7.66. The molecule has 17 nitrogen and oxygen atoms in total. The normalized spacial score (nSPS) is 29.7. The minimum Gasteiger partial charge on any atom is -0.390 e. The molecule has 20 heteroatoms. The van der Waals surface area contributed by atoms with E-state index in [1.807, 2.05) is 0 Å². The molecule has 5 atom stereocenters. The highest BCUT2D eigenvalue weighted by Gasteiger charge is 2.53. The fraction of sp³-hybridized carbons (Fsp3) is 0.538. The average molecular weight is 534 g/mol. The number of aromatic amines is 1. The Kier molecular flexibility index (Phi) is 6.61. The van der Waals surface area contributed by atoms with Crippen LogP contribution < -0.4 is 11.3 Å². The maximum absolute atomic E-state index is 12.1. The number of aliphatic hydroxyl groups excluding tert-OH is 1. The number of phosphoric acid groups is 3. The molecule has 1 aliphatic rings. The molecule has 2 aromatic heterocycles. The van der Waals surface area contributed by atoms with Gasteiger partial charge in [-0.15, -0.1) is 0 Å². The van der Waals surface area contributed by atoms with Crippen molar-refractivity contribution in [3.8, 4) is 0 Å². The molecule has 8 N–H and O–H groups in total. The van der Waals surface area contributed by atoms with E-state index in [0.29, 0.717) is 0 Å². The van der Waals surface area contributed by atoms with Crippen LogP contribution >= 0.6 is 23.5 Å². The number of nitrogens with two attached hydrogens (primary N) is 1. The molecule has 0 radical (unpaired) electrons. The van der Waals surface area contributed by atoms with Crippen LogP contribution in [0.4, 0.5) is 5.95 Å². The van der Waals surface area contributed by atoms with E-state index >= 15 is 0 Å². The van der Waals surface area contributed by atoms with Crippen molar-refractivity contribution in [2.24, 2.45) is 0 Å². The molecule has 2 aromatic rings. The maximum atomic E-state index is 12.1. The van der Waals surface area contributed by atoms with E-state index in [4.69, 9.17) is 20.3 Å². The van der Waals surface area contributed by atoms with E-state index in [2.05, 4.69) is 23.1 Å². The van der Waals surface area contributed by atoms with Crippen molar-refractivity contribution < 1.29 is 56.3 Å². The van der Waals surface area contributed by atoms with E-state index in [9.17, 15) is 33.4 Å². The molecule has 0 saturated carbocycles. The summed E-state index contributed by atoms with van der Waals surface area (Å²) in [5.74, 6) is -0.162. The number of nitrogens with one attached hydrogen (secondary N) is 1. The molecule has 0 aliphatic carbocycles. The predicted molar refractivity (Wildman–Crippen MR) is 108 cm³/mol. The fourth-order valence-electron chi connectivity index (χ4n) is 3.40. The third-order valence-corrected chi connectivity index (χ3v) is 8.52. The van der Waals surface area contributed by atoms with Gasteiger partial charge in [0, 0.05) is 12.6 Å². The van der Waals surface area contributed by atoms with Gasteiger partial charge in [0.15, 0.2) is 5.65 Å². The molecule has 0 bridgehead atoms. The van der Waals surface area contributed by atoms with E-state index in [1.165, 1.54) is 30.7 Å². The third kappa shape index (κ3) is 5.80. The van der Waals surface area contributed by atoms with Gasteiger partial charge in [0.05, 0.1) is 18.1 Å². The SMILES string of the molecule is C[C@]1(COP(=O)(O)OP(=O)(O)OP(=O)(O)O)O[C@@](C)(n2ccc3c(=O)[nH]c(N)nc32)CC1O. The van der Waals surface area contributed by atoms with Gasteiger partial charge in [0.1, 0.15) is 11.3 Å². The summed E-state index contributed by atoms with van der Waals surface area (Å²) in [7, 11) is -16.7. The zero-order valence-electron chi connectivity index (χ0n) is 17.0. The first-order valence-electron chi connectivity index (χ1n) is 8.89. The lowest BCUT2D eigenvalue weighted by molar-refractivity contribution is -0.157. The summed E-state index contributed by atoms with van der Waals surface area (Å²) in [5.41, 5.74) is 2.19. The Morgan fingerprint density at radius 1 is 1.24 bits per heavy atom. The second-order valence-corrected chi connectivity index (χ2v) is 12.0. The topological polar surface area (TPSA) is 266 Å². The van der Waals surface area contributed by atoms with Crippen molar-refractivity contribution in [3.05, 3.63) is 22.6 Å². The molecule has 1 aliphatic heterocycles. The number of H-pyrrole nitrogens is 1. The fourth-order valence-corrected chi connectivity index (χ4v) is 6.51. The monoisotopic (exact) mass is 534 g/mol. The number of aromatic nitrogens is 3. The van der Waals surface area contributed by atoms with Gasteiger partial charge in [-0.25, -0.2) is 13.7 Å². The first-order chi connectivity index (χ1) is 14.8. The van der Waals surface area contributed by atoms with Gasteiger partial charge in [0.2, 0.25) is 5.95 Å². The number of aliphatic hydroxyl groups is 1. The smallest absolute Gasteiger partial charge is 0.390 e. The van der Waals surface area contributed by atoms with Crippen LogP contribution in [-0.2, 0) is 37.3 Å². The van der Waals surface area contributed by atoms with E-state index in [-0.39, 0.29) is 23.4 Å². The zero-order valence-corrected chi connectivity index (χ0v) is 19.6. The second-order valence-electron chi connectivity index (χ2n) is 7.55. The van der Waals surface area contributed by atoms with Crippen LogP contribution in [0.2, 0.25) is 0 Å². The number of nitrogen functional groups attached to an aromatic ring is 1. The van der Waals surface area contributed by atoms with Gasteiger partial charge >= 0.3 is 23.5 Å². The van der Waals surface area contributed by atoms with E-state index in [0.717, 1.165) is 0 Å². The van der Waals surface area contributed by atoms with Gasteiger partial charge < -0.3 is 39.7 Å². The van der Waals surface area contributed by atoms with Crippen LogP contribution in [0.25, 0.3) is 11.0 Å². The lowest BCUT2D eigenvalue weighted by Gasteiger charge is -2.32.